The Morgan fingerprint density at radius 2 is 2.00 bits per heavy atom. The van der Waals surface area contributed by atoms with E-state index >= 15 is 0 Å². The van der Waals surface area contributed by atoms with Crippen LogP contribution in [0.15, 0.2) is 40.9 Å². The van der Waals surface area contributed by atoms with E-state index in [9.17, 15) is 10.1 Å². The maximum Gasteiger partial charge on any atom is 0.269 e. The number of non-ortho nitro benzene ring substituents is 1. The number of aromatic nitrogens is 2. The fourth-order valence-corrected chi connectivity index (χ4v) is 1.68. The second-order valence-electron chi connectivity index (χ2n) is 3.91. The molecular formula is C12H8N4O3. The highest BCUT2D eigenvalue weighted by molar-refractivity contribution is 5.75. The van der Waals surface area contributed by atoms with E-state index in [4.69, 9.17) is 10.2 Å². The second-order valence-corrected chi connectivity index (χ2v) is 3.91. The molecule has 0 saturated carbocycles. The van der Waals surface area contributed by atoms with E-state index in [2.05, 4.69) is 9.97 Å². The van der Waals surface area contributed by atoms with Crippen molar-refractivity contribution in [1.82, 2.24) is 9.97 Å². The third kappa shape index (κ3) is 1.97. The number of nitrogen functional groups attached to an aromatic ring is 1. The molecule has 0 unspecified atom stereocenters. The number of hydrogen-bond donors (Lipinski definition) is 1. The van der Waals surface area contributed by atoms with E-state index in [-0.39, 0.29) is 5.69 Å². The van der Waals surface area contributed by atoms with E-state index in [1.165, 1.54) is 18.3 Å². The molecule has 7 heteroatoms. The van der Waals surface area contributed by atoms with E-state index in [0.29, 0.717) is 28.4 Å². The van der Waals surface area contributed by atoms with Crippen LogP contribution in [0.4, 0.5) is 11.4 Å². The summed E-state index contributed by atoms with van der Waals surface area (Å²) in [4.78, 5) is 18.3. The zero-order chi connectivity index (χ0) is 13.4. The summed E-state index contributed by atoms with van der Waals surface area (Å²) in [6, 6.07) is 7.57. The lowest BCUT2D eigenvalue weighted by Crippen LogP contribution is -1.87. The van der Waals surface area contributed by atoms with Gasteiger partial charge in [-0.05, 0) is 12.1 Å². The van der Waals surface area contributed by atoms with Gasteiger partial charge >= 0.3 is 0 Å². The van der Waals surface area contributed by atoms with Crippen molar-refractivity contribution in [2.45, 2.75) is 0 Å². The predicted octanol–water partition coefficient (Wildman–Crippen LogP) is 2.38. The molecule has 0 bridgehead atoms. The second kappa shape index (κ2) is 4.05. The van der Waals surface area contributed by atoms with E-state index in [1.807, 2.05) is 0 Å². The van der Waals surface area contributed by atoms with Crippen LogP contribution in [0.1, 0.15) is 0 Å². The number of hydrogen-bond acceptors (Lipinski definition) is 6. The quantitative estimate of drug-likeness (QED) is 0.557. The molecule has 0 saturated heterocycles. The minimum Gasteiger partial charge on any atom is -0.434 e. The number of benzene rings is 1. The Balaban J connectivity index is 2.06. The molecule has 0 atom stereocenters. The van der Waals surface area contributed by atoms with Crippen LogP contribution < -0.4 is 5.73 Å². The number of oxazole rings is 1. The van der Waals surface area contributed by atoms with Crippen LogP contribution in [-0.2, 0) is 0 Å². The monoisotopic (exact) mass is 256 g/mol. The molecule has 0 aliphatic rings. The number of anilines is 1. The molecule has 2 aromatic heterocycles. The molecule has 7 nitrogen and oxygen atoms in total. The lowest BCUT2D eigenvalue weighted by atomic mass is 10.2. The molecule has 2 heterocycles. The smallest absolute Gasteiger partial charge is 0.269 e. The third-order valence-electron chi connectivity index (χ3n) is 2.59. The van der Waals surface area contributed by atoms with Gasteiger partial charge in [0.25, 0.3) is 5.69 Å². The van der Waals surface area contributed by atoms with Crippen molar-refractivity contribution in [2.24, 2.45) is 0 Å². The molecule has 2 N–H and O–H groups in total. The summed E-state index contributed by atoms with van der Waals surface area (Å²) in [5, 5.41) is 10.6. The molecule has 0 aliphatic heterocycles. The fraction of sp³-hybridized carbons (Fsp3) is 0. The first-order chi connectivity index (χ1) is 9.13. The van der Waals surface area contributed by atoms with Crippen molar-refractivity contribution in [2.75, 3.05) is 5.73 Å². The van der Waals surface area contributed by atoms with Gasteiger partial charge in [-0.15, -0.1) is 0 Å². The Morgan fingerprint density at radius 3 is 2.68 bits per heavy atom. The number of nitrogens with zero attached hydrogens (tertiary/aromatic N) is 3. The number of rotatable bonds is 2. The normalized spacial score (nSPS) is 10.7. The highest BCUT2D eigenvalue weighted by atomic mass is 16.6. The molecule has 0 spiro atoms. The van der Waals surface area contributed by atoms with Crippen LogP contribution in [0.2, 0.25) is 0 Å². The molecule has 1 aromatic carbocycles. The van der Waals surface area contributed by atoms with Crippen LogP contribution in [-0.4, -0.2) is 14.9 Å². The average molecular weight is 256 g/mol. The van der Waals surface area contributed by atoms with Gasteiger partial charge in [0, 0.05) is 23.8 Å². The summed E-state index contributed by atoms with van der Waals surface area (Å²) in [5.41, 5.74) is 7.67. The largest absolute Gasteiger partial charge is 0.434 e. The van der Waals surface area contributed by atoms with Crippen LogP contribution in [0.25, 0.3) is 22.7 Å². The first-order valence-corrected chi connectivity index (χ1v) is 5.40. The van der Waals surface area contributed by atoms with Crippen molar-refractivity contribution in [3.05, 3.63) is 46.6 Å². The Bertz CT molecular complexity index is 764. The van der Waals surface area contributed by atoms with E-state index < -0.39 is 4.92 Å². The number of nitro benzene ring substituents is 1. The van der Waals surface area contributed by atoms with Gasteiger partial charge in [-0.2, -0.15) is 4.98 Å². The SMILES string of the molecule is Nc1cnc2nc(-c3ccc([N+](=O)[O-])cc3)oc2c1. The van der Waals surface area contributed by atoms with Gasteiger partial charge in [0.05, 0.1) is 16.8 Å². The van der Waals surface area contributed by atoms with Gasteiger partial charge in [0.15, 0.2) is 11.2 Å². The molecule has 3 rings (SSSR count). The molecular weight excluding hydrogens is 248 g/mol. The zero-order valence-corrected chi connectivity index (χ0v) is 9.61. The lowest BCUT2D eigenvalue weighted by Gasteiger charge is -1.94. The number of nitro groups is 1. The Labute approximate surface area is 106 Å². The average Bonchev–Trinajstić information content (AvgIpc) is 2.81. The van der Waals surface area contributed by atoms with Gasteiger partial charge in [-0.25, -0.2) is 4.98 Å². The summed E-state index contributed by atoms with van der Waals surface area (Å²) in [6.45, 7) is 0. The fourth-order valence-electron chi connectivity index (χ4n) is 1.68. The summed E-state index contributed by atoms with van der Waals surface area (Å²) in [5.74, 6) is 0.350. The first-order valence-electron chi connectivity index (χ1n) is 5.40. The van der Waals surface area contributed by atoms with Gasteiger partial charge < -0.3 is 10.2 Å². The summed E-state index contributed by atoms with van der Waals surface area (Å²) >= 11 is 0. The highest BCUT2D eigenvalue weighted by Gasteiger charge is 2.11. The van der Waals surface area contributed by atoms with Crippen LogP contribution >= 0.6 is 0 Å². The standard InChI is InChI=1S/C12H8N4O3/c13-8-5-10-11(14-6-8)15-12(19-10)7-1-3-9(4-2-7)16(17)18/h1-6H,13H2. The first kappa shape index (κ1) is 11.1. The highest BCUT2D eigenvalue weighted by Crippen LogP contribution is 2.25. The predicted molar refractivity (Wildman–Crippen MR) is 68.3 cm³/mol. The Morgan fingerprint density at radius 1 is 1.26 bits per heavy atom. The molecule has 19 heavy (non-hydrogen) atoms. The summed E-state index contributed by atoms with van der Waals surface area (Å²) in [7, 11) is 0. The van der Waals surface area contributed by atoms with Crippen LogP contribution in [0.5, 0.6) is 0 Å². The molecule has 0 fully saturated rings. The molecule has 0 amide bonds. The lowest BCUT2D eigenvalue weighted by molar-refractivity contribution is -0.384. The molecule has 3 aromatic rings. The Kier molecular flexibility index (Phi) is 2.38. The number of fused-ring (bicyclic) bond motifs is 1. The third-order valence-corrected chi connectivity index (χ3v) is 2.59. The molecule has 0 radical (unpaired) electrons. The zero-order valence-electron chi connectivity index (χ0n) is 9.61. The van der Waals surface area contributed by atoms with Gasteiger partial charge in [0.1, 0.15) is 0 Å². The van der Waals surface area contributed by atoms with E-state index in [0.717, 1.165) is 0 Å². The van der Waals surface area contributed by atoms with Crippen molar-refractivity contribution in [3.63, 3.8) is 0 Å². The van der Waals surface area contributed by atoms with Crippen molar-refractivity contribution >= 4 is 22.6 Å². The van der Waals surface area contributed by atoms with Crippen molar-refractivity contribution < 1.29 is 9.34 Å². The van der Waals surface area contributed by atoms with Gasteiger partial charge in [-0.3, -0.25) is 10.1 Å². The summed E-state index contributed by atoms with van der Waals surface area (Å²) in [6.07, 6.45) is 1.49. The van der Waals surface area contributed by atoms with Crippen molar-refractivity contribution in [1.29, 1.82) is 0 Å². The summed E-state index contributed by atoms with van der Waals surface area (Å²) < 4.78 is 5.51. The maximum atomic E-state index is 10.6. The molecule has 94 valence electrons. The van der Waals surface area contributed by atoms with Crippen LogP contribution in [0.3, 0.4) is 0 Å². The van der Waals surface area contributed by atoms with Gasteiger partial charge in [-0.1, -0.05) is 0 Å². The molecule has 0 aliphatic carbocycles. The minimum absolute atomic E-state index is 0.0160. The van der Waals surface area contributed by atoms with Crippen LogP contribution in [0, 0.1) is 10.1 Å². The maximum absolute atomic E-state index is 10.6. The Hall–Kier alpha value is -2.96. The van der Waals surface area contributed by atoms with E-state index in [1.54, 1.807) is 18.2 Å². The van der Waals surface area contributed by atoms with Crippen molar-refractivity contribution in [3.8, 4) is 11.5 Å². The number of pyridine rings is 1. The minimum atomic E-state index is -0.460. The topological polar surface area (TPSA) is 108 Å². The van der Waals surface area contributed by atoms with Gasteiger partial charge in [0.2, 0.25) is 5.89 Å². The number of nitrogens with two attached hydrogens (primary N) is 1.